The summed E-state index contributed by atoms with van der Waals surface area (Å²) >= 11 is 12.7. The zero-order valence-corrected chi connectivity index (χ0v) is 17.5. The van der Waals surface area contributed by atoms with Gasteiger partial charge in [-0.25, -0.2) is 0 Å². The van der Waals surface area contributed by atoms with Crippen LogP contribution in [0.15, 0.2) is 36.4 Å². The normalized spacial score (nSPS) is 11.3. The second kappa shape index (κ2) is 9.01. The number of hydrogen-bond acceptors (Lipinski definition) is 2. The van der Waals surface area contributed by atoms with Crippen LogP contribution in [0.2, 0.25) is 10.0 Å². The van der Waals surface area contributed by atoms with Crippen LogP contribution in [-0.4, -0.2) is 24.6 Å². The Morgan fingerprint density at radius 3 is 2.30 bits per heavy atom. The molecule has 0 saturated carbocycles. The molecule has 0 fully saturated rings. The molecule has 5 heteroatoms. The van der Waals surface area contributed by atoms with E-state index in [4.69, 9.17) is 28.9 Å². The summed E-state index contributed by atoms with van der Waals surface area (Å²) < 4.78 is 0. The molecule has 0 aliphatic carbocycles. The molecule has 0 saturated heterocycles. The quantitative estimate of drug-likeness (QED) is 0.435. The molecule has 0 unspecified atom stereocenters. The van der Waals surface area contributed by atoms with Crippen molar-refractivity contribution in [3.05, 3.63) is 52.0 Å². The average molecular weight is 404 g/mol. The molecule has 3 nitrogen and oxygen atoms in total. The van der Waals surface area contributed by atoms with E-state index in [9.17, 15) is 0 Å². The highest BCUT2D eigenvalue weighted by molar-refractivity contribution is 6.45. The molecule has 0 aliphatic rings. The van der Waals surface area contributed by atoms with Crippen LogP contribution >= 0.6 is 23.2 Å². The van der Waals surface area contributed by atoms with E-state index in [-0.39, 0.29) is 0 Å². The first-order valence-corrected chi connectivity index (χ1v) is 10.4. The molecule has 144 valence electrons. The molecular formula is C22H27Cl2N3. The van der Waals surface area contributed by atoms with Gasteiger partial charge >= 0.3 is 0 Å². The van der Waals surface area contributed by atoms with Crippen molar-refractivity contribution in [2.75, 3.05) is 24.5 Å². The minimum atomic E-state index is 0.572. The molecule has 0 radical (unpaired) electrons. The standard InChI is InChI=1S/C22H27Cl2N3/c1-3-27(4-2)16-10-8-15(9-11-16)21-17(7-5-6-14-25)18-12-13-19(23)20(24)22(18)26-21/h8-13,26H,3-7,14,25H2,1-2H3. The fourth-order valence-electron chi connectivity index (χ4n) is 3.64. The predicted molar refractivity (Wildman–Crippen MR) is 119 cm³/mol. The lowest BCUT2D eigenvalue weighted by Crippen LogP contribution is -2.21. The summed E-state index contributed by atoms with van der Waals surface area (Å²) in [6, 6.07) is 12.7. The first-order chi connectivity index (χ1) is 13.1. The Morgan fingerprint density at radius 1 is 0.963 bits per heavy atom. The minimum Gasteiger partial charge on any atom is -0.372 e. The van der Waals surface area contributed by atoms with Crippen molar-refractivity contribution in [1.29, 1.82) is 0 Å². The number of aromatic amines is 1. The minimum absolute atomic E-state index is 0.572. The number of nitrogens with two attached hydrogens (primary N) is 1. The molecule has 27 heavy (non-hydrogen) atoms. The number of fused-ring (bicyclic) bond motifs is 1. The van der Waals surface area contributed by atoms with Crippen molar-refractivity contribution in [3.8, 4) is 11.3 Å². The van der Waals surface area contributed by atoms with Crippen molar-refractivity contribution in [1.82, 2.24) is 4.98 Å². The molecule has 3 N–H and O–H groups in total. The number of H-pyrrole nitrogens is 1. The fraction of sp³-hybridized carbons (Fsp3) is 0.364. The first kappa shape index (κ1) is 20.1. The monoisotopic (exact) mass is 403 g/mol. The maximum Gasteiger partial charge on any atom is 0.0833 e. The Balaban J connectivity index is 2.06. The summed E-state index contributed by atoms with van der Waals surface area (Å²) in [5.41, 5.74) is 11.4. The number of anilines is 1. The van der Waals surface area contributed by atoms with Gasteiger partial charge in [0, 0.05) is 29.9 Å². The van der Waals surface area contributed by atoms with Crippen LogP contribution in [0.25, 0.3) is 22.2 Å². The third-order valence-electron chi connectivity index (χ3n) is 5.14. The molecule has 0 aliphatic heterocycles. The maximum atomic E-state index is 6.47. The van der Waals surface area contributed by atoms with Gasteiger partial charge in [-0.15, -0.1) is 0 Å². The molecule has 3 rings (SSSR count). The van der Waals surface area contributed by atoms with Gasteiger partial charge in [0.05, 0.1) is 15.6 Å². The van der Waals surface area contributed by atoms with Crippen molar-refractivity contribution >= 4 is 39.8 Å². The summed E-state index contributed by atoms with van der Waals surface area (Å²) in [7, 11) is 0. The molecular weight excluding hydrogens is 377 g/mol. The number of aryl methyl sites for hydroxylation is 1. The van der Waals surface area contributed by atoms with Crippen molar-refractivity contribution in [3.63, 3.8) is 0 Å². The number of rotatable bonds is 8. The van der Waals surface area contributed by atoms with Gasteiger partial charge < -0.3 is 15.6 Å². The maximum absolute atomic E-state index is 6.47. The van der Waals surface area contributed by atoms with E-state index < -0.39 is 0 Å². The van der Waals surface area contributed by atoms with Crippen LogP contribution in [0.4, 0.5) is 5.69 Å². The largest absolute Gasteiger partial charge is 0.372 e. The van der Waals surface area contributed by atoms with Crippen LogP contribution in [-0.2, 0) is 6.42 Å². The summed E-state index contributed by atoms with van der Waals surface area (Å²) in [6.07, 6.45) is 3.02. The smallest absolute Gasteiger partial charge is 0.0833 e. The summed E-state index contributed by atoms with van der Waals surface area (Å²) in [4.78, 5) is 5.87. The summed E-state index contributed by atoms with van der Waals surface area (Å²) in [5, 5.41) is 2.30. The molecule has 0 bridgehead atoms. The van der Waals surface area contributed by atoms with Crippen LogP contribution < -0.4 is 10.6 Å². The Kier molecular flexibility index (Phi) is 6.69. The van der Waals surface area contributed by atoms with Crippen LogP contribution in [0.1, 0.15) is 32.3 Å². The molecule has 0 atom stereocenters. The zero-order valence-electron chi connectivity index (χ0n) is 16.0. The molecule has 1 heterocycles. The Morgan fingerprint density at radius 2 is 1.67 bits per heavy atom. The van der Waals surface area contributed by atoms with E-state index >= 15 is 0 Å². The number of nitrogens with one attached hydrogen (secondary N) is 1. The second-order valence-electron chi connectivity index (χ2n) is 6.73. The highest BCUT2D eigenvalue weighted by Gasteiger charge is 2.16. The number of benzene rings is 2. The topological polar surface area (TPSA) is 45.0 Å². The highest BCUT2D eigenvalue weighted by Crippen LogP contribution is 2.38. The van der Waals surface area contributed by atoms with E-state index in [1.807, 2.05) is 6.07 Å². The lowest BCUT2D eigenvalue weighted by molar-refractivity contribution is 0.748. The summed E-state index contributed by atoms with van der Waals surface area (Å²) in [6.45, 7) is 7.07. The lowest BCUT2D eigenvalue weighted by Gasteiger charge is -2.21. The molecule has 1 aromatic heterocycles. The van der Waals surface area contributed by atoms with Crippen molar-refractivity contribution in [2.45, 2.75) is 33.1 Å². The van der Waals surface area contributed by atoms with Crippen LogP contribution in [0.3, 0.4) is 0 Å². The van der Waals surface area contributed by atoms with Gasteiger partial charge in [-0.1, -0.05) is 41.4 Å². The molecule has 0 amide bonds. The average Bonchev–Trinajstić information content (AvgIpc) is 3.06. The van der Waals surface area contributed by atoms with Gasteiger partial charge in [0.1, 0.15) is 0 Å². The number of nitrogens with zero attached hydrogens (tertiary/aromatic N) is 1. The third-order valence-corrected chi connectivity index (χ3v) is 5.94. The zero-order chi connectivity index (χ0) is 19.4. The van der Waals surface area contributed by atoms with Gasteiger partial charge in [-0.3, -0.25) is 0 Å². The van der Waals surface area contributed by atoms with Gasteiger partial charge in [0.2, 0.25) is 0 Å². The Bertz CT molecular complexity index is 896. The van der Waals surface area contributed by atoms with E-state index in [0.29, 0.717) is 16.6 Å². The van der Waals surface area contributed by atoms with E-state index in [1.54, 1.807) is 0 Å². The number of unbranched alkanes of at least 4 members (excludes halogenated alkanes) is 1. The van der Waals surface area contributed by atoms with E-state index in [2.05, 4.69) is 54.1 Å². The third kappa shape index (κ3) is 4.11. The number of halogens is 2. The molecule has 0 spiro atoms. The van der Waals surface area contributed by atoms with Gasteiger partial charge in [0.25, 0.3) is 0 Å². The van der Waals surface area contributed by atoms with E-state index in [1.165, 1.54) is 11.3 Å². The number of hydrogen-bond donors (Lipinski definition) is 2. The Hall–Kier alpha value is -1.68. The second-order valence-corrected chi connectivity index (χ2v) is 7.51. The lowest BCUT2D eigenvalue weighted by atomic mass is 10.00. The Labute approximate surface area is 171 Å². The van der Waals surface area contributed by atoms with Gasteiger partial charge in [0.15, 0.2) is 0 Å². The highest BCUT2D eigenvalue weighted by atomic mass is 35.5. The van der Waals surface area contributed by atoms with Crippen molar-refractivity contribution in [2.24, 2.45) is 5.73 Å². The predicted octanol–water partition coefficient (Wildman–Crippen LogP) is 6.27. The van der Waals surface area contributed by atoms with Crippen molar-refractivity contribution < 1.29 is 0 Å². The fourth-order valence-corrected chi connectivity index (χ4v) is 4.01. The first-order valence-electron chi connectivity index (χ1n) is 9.64. The molecule has 2 aromatic carbocycles. The van der Waals surface area contributed by atoms with E-state index in [0.717, 1.165) is 54.5 Å². The van der Waals surface area contributed by atoms with Gasteiger partial charge in [-0.05, 0) is 69.0 Å². The number of aromatic nitrogens is 1. The SMILES string of the molecule is CCN(CC)c1ccc(-c2[nH]c3c(Cl)c(Cl)ccc3c2CCCCN)cc1. The summed E-state index contributed by atoms with van der Waals surface area (Å²) in [5.74, 6) is 0. The van der Waals surface area contributed by atoms with Crippen LogP contribution in [0.5, 0.6) is 0 Å². The van der Waals surface area contributed by atoms with Crippen LogP contribution in [0, 0.1) is 0 Å². The molecule has 3 aromatic rings. The van der Waals surface area contributed by atoms with Gasteiger partial charge in [-0.2, -0.15) is 0 Å².